The molecule has 0 bridgehead atoms. The van der Waals surface area contributed by atoms with Crippen molar-refractivity contribution in [2.45, 2.75) is 33.4 Å². The van der Waals surface area contributed by atoms with Crippen molar-refractivity contribution in [2.75, 3.05) is 14.1 Å². The third-order valence-corrected chi connectivity index (χ3v) is 4.61. The first kappa shape index (κ1) is 16.5. The van der Waals surface area contributed by atoms with Crippen LogP contribution in [0, 0.1) is 6.92 Å². The molecule has 22 heavy (non-hydrogen) atoms. The van der Waals surface area contributed by atoms with Crippen LogP contribution >= 0.6 is 11.3 Å². The average molecular weight is 316 g/mol. The van der Waals surface area contributed by atoms with Gasteiger partial charge in [0.15, 0.2) is 5.96 Å². The Hall–Kier alpha value is -1.88. The van der Waals surface area contributed by atoms with Crippen LogP contribution in [0.5, 0.6) is 0 Å². The topological polar surface area (TPSA) is 40.5 Å². The molecule has 0 saturated carbocycles. The lowest BCUT2D eigenvalue weighted by Crippen LogP contribution is -2.38. The van der Waals surface area contributed by atoms with Gasteiger partial charge in [-0.05, 0) is 24.5 Å². The summed E-state index contributed by atoms with van der Waals surface area (Å²) in [5.74, 6) is 0.884. The minimum Gasteiger partial charge on any atom is -0.351 e. The van der Waals surface area contributed by atoms with E-state index in [1.165, 1.54) is 16.1 Å². The molecule has 0 saturated heterocycles. The number of aromatic nitrogens is 1. The zero-order valence-corrected chi connectivity index (χ0v) is 14.6. The minimum absolute atomic E-state index is 0.710. The maximum absolute atomic E-state index is 4.57. The Labute approximate surface area is 136 Å². The third kappa shape index (κ3) is 4.31. The molecule has 118 valence electrons. The highest BCUT2D eigenvalue weighted by molar-refractivity contribution is 7.09. The summed E-state index contributed by atoms with van der Waals surface area (Å²) in [6.45, 7) is 5.82. The first-order valence-corrected chi connectivity index (χ1v) is 8.41. The van der Waals surface area contributed by atoms with E-state index < -0.39 is 0 Å². The third-order valence-electron chi connectivity index (χ3n) is 3.57. The Morgan fingerprint density at radius 2 is 2.14 bits per heavy atom. The molecule has 0 aliphatic carbocycles. The van der Waals surface area contributed by atoms with Crippen molar-refractivity contribution in [3.05, 3.63) is 51.5 Å². The van der Waals surface area contributed by atoms with E-state index in [1.54, 1.807) is 11.3 Å². The number of nitrogens with one attached hydrogen (secondary N) is 1. The van der Waals surface area contributed by atoms with Gasteiger partial charge in [-0.1, -0.05) is 31.2 Å². The normalized spacial score (nSPS) is 11.5. The molecule has 1 N–H and O–H groups in total. The highest BCUT2D eigenvalue weighted by Gasteiger charge is 2.09. The maximum atomic E-state index is 4.57. The van der Waals surface area contributed by atoms with Crippen LogP contribution in [0.2, 0.25) is 0 Å². The molecule has 0 fully saturated rings. The number of hydrogen-bond acceptors (Lipinski definition) is 3. The molecule has 0 aliphatic rings. The lowest BCUT2D eigenvalue weighted by atomic mass is 10.1. The van der Waals surface area contributed by atoms with Crippen molar-refractivity contribution in [2.24, 2.45) is 4.99 Å². The molecule has 4 nitrogen and oxygen atoms in total. The van der Waals surface area contributed by atoms with Crippen molar-refractivity contribution in [3.8, 4) is 0 Å². The zero-order chi connectivity index (χ0) is 15.9. The van der Waals surface area contributed by atoms with Crippen LogP contribution in [0.15, 0.2) is 34.6 Å². The molecule has 0 atom stereocenters. The van der Waals surface area contributed by atoms with E-state index in [0.29, 0.717) is 6.54 Å². The molecular weight excluding hydrogens is 292 g/mol. The van der Waals surface area contributed by atoms with Crippen LogP contribution in [0.3, 0.4) is 0 Å². The molecule has 0 radical (unpaired) electrons. The Morgan fingerprint density at radius 1 is 1.36 bits per heavy atom. The van der Waals surface area contributed by atoms with Crippen molar-refractivity contribution in [1.82, 2.24) is 15.2 Å². The summed E-state index contributed by atoms with van der Waals surface area (Å²) in [7, 11) is 3.87. The first-order chi connectivity index (χ1) is 10.6. The summed E-state index contributed by atoms with van der Waals surface area (Å²) in [5.41, 5.74) is 3.69. The van der Waals surface area contributed by atoms with E-state index in [0.717, 1.165) is 24.6 Å². The van der Waals surface area contributed by atoms with Crippen LogP contribution in [0.1, 0.15) is 28.8 Å². The van der Waals surface area contributed by atoms with Gasteiger partial charge in [-0.15, -0.1) is 11.3 Å². The van der Waals surface area contributed by atoms with E-state index in [9.17, 15) is 0 Å². The summed E-state index contributed by atoms with van der Waals surface area (Å²) in [5, 5.41) is 6.67. The van der Waals surface area contributed by atoms with Crippen molar-refractivity contribution >= 4 is 17.3 Å². The molecule has 1 heterocycles. The molecule has 2 aromatic rings. The smallest absolute Gasteiger partial charge is 0.194 e. The van der Waals surface area contributed by atoms with Crippen molar-refractivity contribution < 1.29 is 0 Å². The summed E-state index contributed by atoms with van der Waals surface area (Å²) >= 11 is 1.72. The van der Waals surface area contributed by atoms with E-state index in [1.807, 2.05) is 7.05 Å². The Bertz CT molecular complexity index is 633. The van der Waals surface area contributed by atoms with E-state index in [-0.39, 0.29) is 0 Å². The van der Waals surface area contributed by atoms with Gasteiger partial charge in [0, 0.05) is 26.0 Å². The lowest BCUT2D eigenvalue weighted by molar-refractivity contribution is 0.475. The molecule has 2 rings (SSSR count). The minimum atomic E-state index is 0.710. The van der Waals surface area contributed by atoms with E-state index >= 15 is 0 Å². The number of nitrogens with zero attached hydrogens (tertiary/aromatic N) is 3. The number of thiazole rings is 1. The molecule has 5 heteroatoms. The predicted molar refractivity (Wildman–Crippen MR) is 94.3 cm³/mol. The number of aryl methyl sites for hydroxylation is 2. The van der Waals surface area contributed by atoms with Gasteiger partial charge in [-0.3, -0.25) is 4.99 Å². The van der Waals surface area contributed by atoms with Gasteiger partial charge in [0.1, 0.15) is 0 Å². The SMILES string of the molecule is CCc1nc(CNC(=NC)N(C)Cc2ccccc2C)cs1. The maximum Gasteiger partial charge on any atom is 0.194 e. The fourth-order valence-electron chi connectivity index (χ4n) is 2.26. The summed E-state index contributed by atoms with van der Waals surface area (Å²) in [4.78, 5) is 11.1. The molecule has 0 spiro atoms. The molecule has 1 aromatic carbocycles. The van der Waals surface area contributed by atoms with Crippen LogP contribution in [-0.4, -0.2) is 29.9 Å². The highest BCUT2D eigenvalue weighted by Crippen LogP contribution is 2.11. The number of aliphatic imine (C=N–C) groups is 1. The molecule has 0 aliphatic heterocycles. The second-order valence-electron chi connectivity index (χ2n) is 5.27. The van der Waals surface area contributed by atoms with Crippen molar-refractivity contribution in [1.29, 1.82) is 0 Å². The standard InChI is InChI=1S/C17H24N4S/c1-5-16-20-15(12-22-16)10-19-17(18-3)21(4)11-14-9-7-6-8-13(14)2/h6-9,12H,5,10-11H2,1-4H3,(H,18,19). The van der Waals surface area contributed by atoms with Gasteiger partial charge in [0.2, 0.25) is 0 Å². The van der Waals surface area contributed by atoms with Gasteiger partial charge in [0.25, 0.3) is 0 Å². The van der Waals surface area contributed by atoms with Crippen LogP contribution in [0.25, 0.3) is 0 Å². The lowest BCUT2D eigenvalue weighted by Gasteiger charge is -2.22. The predicted octanol–water partition coefficient (Wildman–Crippen LogP) is 3.22. The van der Waals surface area contributed by atoms with Crippen LogP contribution in [0.4, 0.5) is 0 Å². The fraction of sp³-hybridized carbons (Fsp3) is 0.412. The van der Waals surface area contributed by atoms with Gasteiger partial charge in [-0.2, -0.15) is 0 Å². The summed E-state index contributed by atoms with van der Waals surface area (Å²) in [6, 6.07) is 8.45. The van der Waals surface area contributed by atoms with Crippen molar-refractivity contribution in [3.63, 3.8) is 0 Å². The molecule has 0 amide bonds. The highest BCUT2D eigenvalue weighted by atomic mass is 32.1. The van der Waals surface area contributed by atoms with Gasteiger partial charge >= 0.3 is 0 Å². The monoisotopic (exact) mass is 316 g/mol. The number of hydrogen-bond donors (Lipinski definition) is 1. The van der Waals surface area contributed by atoms with E-state index in [2.05, 4.69) is 70.7 Å². The quantitative estimate of drug-likeness (QED) is 0.680. The Kier molecular flexibility index (Phi) is 5.95. The fourth-order valence-corrected chi connectivity index (χ4v) is 3.01. The van der Waals surface area contributed by atoms with Crippen LogP contribution in [-0.2, 0) is 19.5 Å². The van der Waals surface area contributed by atoms with E-state index in [4.69, 9.17) is 0 Å². The molecule has 1 aromatic heterocycles. The average Bonchev–Trinajstić information content (AvgIpc) is 2.98. The van der Waals surface area contributed by atoms with Gasteiger partial charge < -0.3 is 10.2 Å². The van der Waals surface area contributed by atoms with Crippen LogP contribution < -0.4 is 5.32 Å². The molecular formula is C17H24N4S. The second kappa shape index (κ2) is 7.94. The molecule has 0 unspecified atom stereocenters. The Morgan fingerprint density at radius 3 is 2.77 bits per heavy atom. The van der Waals surface area contributed by atoms with Gasteiger partial charge in [0.05, 0.1) is 17.2 Å². The summed E-state index contributed by atoms with van der Waals surface area (Å²) < 4.78 is 0. The second-order valence-corrected chi connectivity index (χ2v) is 6.21. The number of guanidine groups is 1. The first-order valence-electron chi connectivity index (χ1n) is 7.53. The summed E-state index contributed by atoms with van der Waals surface area (Å²) in [6.07, 6.45) is 0.993. The number of rotatable bonds is 5. The zero-order valence-electron chi connectivity index (χ0n) is 13.8. The van der Waals surface area contributed by atoms with Gasteiger partial charge in [-0.25, -0.2) is 4.98 Å². The largest absolute Gasteiger partial charge is 0.351 e. The number of benzene rings is 1. The Balaban J connectivity index is 1.94.